The molecule has 1 aliphatic rings. The molecule has 2 aromatic carbocycles. The number of methoxy groups -OCH3 is 1. The summed E-state index contributed by atoms with van der Waals surface area (Å²) in [6, 6.07) is 16.6. The molecule has 2 heterocycles. The van der Waals surface area contributed by atoms with Crippen molar-refractivity contribution >= 4 is 27.6 Å². The summed E-state index contributed by atoms with van der Waals surface area (Å²) in [6.45, 7) is 1.84. The lowest BCUT2D eigenvalue weighted by Gasteiger charge is -2.35. The number of anilines is 2. The van der Waals surface area contributed by atoms with Gasteiger partial charge >= 0.3 is 6.03 Å². The Morgan fingerprint density at radius 2 is 1.83 bits per heavy atom. The van der Waals surface area contributed by atoms with Crippen LogP contribution in [0.15, 0.2) is 71.8 Å². The number of hydrogen-bond donors (Lipinski definition) is 0. The van der Waals surface area contributed by atoms with Gasteiger partial charge in [0.2, 0.25) is 0 Å². The molecule has 0 atom stereocenters. The first kappa shape index (κ1) is 18.9. The van der Waals surface area contributed by atoms with Crippen LogP contribution in [0.1, 0.15) is 11.1 Å². The second kappa shape index (κ2) is 7.21. The number of carbonyl (C=O) groups excluding carboxylic acids is 1. The minimum absolute atomic E-state index is 0.0185. The molecule has 0 saturated carbocycles. The topological polar surface area (TPSA) is 79.8 Å². The highest BCUT2D eigenvalue weighted by atomic mass is 32.2. The Balaban J connectivity index is 1.87. The predicted octanol–water partition coefficient (Wildman–Crippen LogP) is 3.86. The Hall–Kier alpha value is -3.39. The quantitative estimate of drug-likeness (QED) is 0.654. The van der Waals surface area contributed by atoms with Gasteiger partial charge in [-0.25, -0.2) is 27.4 Å². The van der Waals surface area contributed by atoms with Crippen molar-refractivity contribution in [3.8, 4) is 5.75 Å². The van der Waals surface area contributed by atoms with E-state index in [4.69, 9.17) is 4.74 Å². The molecule has 7 nitrogen and oxygen atoms in total. The van der Waals surface area contributed by atoms with Gasteiger partial charge in [0.25, 0.3) is 10.0 Å². The number of fused-ring (bicyclic) bond motifs is 1. The van der Waals surface area contributed by atoms with Crippen molar-refractivity contribution in [2.45, 2.75) is 18.4 Å². The maximum atomic E-state index is 13.4. The molecule has 148 valence electrons. The van der Waals surface area contributed by atoms with E-state index in [1.165, 1.54) is 24.3 Å². The summed E-state index contributed by atoms with van der Waals surface area (Å²) in [5.74, 6) is 0.623. The van der Waals surface area contributed by atoms with Gasteiger partial charge in [-0.1, -0.05) is 35.9 Å². The molecule has 0 aliphatic carbocycles. The van der Waals surface area contributed by atoms with Crippen LogP contribution in [0.4, 0.5) is 16.3 Å². The number of aromatic nitrogens is 1. The van der Waals surface area contributed by atoms with Crippen molar-refractivity contribution in [2.75, 3.05) is 12.0 Å². The van der Waals surface area contributed by atoms with E-state index in [1.54, 1.807) is 36.4 Å². The molecule has 1 aliphatic heterocycles. The lowest BCUT2D eigenvalue weighted by Crippen LogP contribution is -2.48. The molecule has 0 unspecified atom stereocenters. The summed E-state index contributed by atoms with van der Waals surface area (Å²) in [5.41, 5.74) is 2.18. The third-order valence-corrected chi connectivity index (χ3v) is 6.40. The molecule has 1 aromatic heterocycles. The van der Waals surface area contributed by atoms with Crippen LogP contribution in [0, 0.1) is 6.92 Å². The van der Waals surface area contributed by atoms with Crippen LogP contribution in [-0.2, 0) is 16.6 Å². The zero-order valence-corrected chi connectivity index (χ0v) is 16.8. The standard InChI is InChI=1S/C21H19N3O4S/c1-15-6-3-7-16(12-15)14-23-21(25)24(17-8-4-9-18(13-17)28-2)20-19(29(23,26)27)10-5-11-22-20/h3-13H,14H2,1-2H3. The van der Waals surface area contributed by atoms with Crippen LogP contribution in [0.5, 0.6) is 5.75 Å². The SMILES string of the molecule is COc1cccc(N2C(=O)N(Cc3cccc(C)c3)S(=O)(=O)c3cccnc32)c1. The third-order valence-electron chi connectivity index (χ3n) is 4.66. The fourth-order valence-electron chi connectivity index (χ4n) is 3.29. The molecule has 0 N–H and O–H groups in total. The molecule has 0 bridgehead atoms. The number of hydrogen-bond acceptors (Lipinski definition) is 5. The molecule has 8 heteroatoms. The first-order chi connectivity index (χ1) is 13.9. The van der Waals surface area contributed by atoms with Crippen LogP contribution >= 0.6 is 0 Å². The minimum Gasteiger partial charge on any atom is -0.497 e. The molecular weight excluding hydrogens is 390 g/mol. The molecule has 3 aromatic rings. The second-order valence-electron chi connectivity index (χ2n) is 6.65. The van der Waals surface area contributed by atoms with E-state index >= 15 is 0 Å². The number of aryl methyl sites for hydroxylation is 1. The molecule has 0 radical (unpaired) electrons. The number of rotatable bonds is 4. The highest BCUT2D eigenvalue weighted by Crippen LogP contribution is 2.38. The number of carbonyl (C=O) groups is 1. The summed E-state index contributed by atoms with van der Waals surface area (Å²) < 4.78 is 32.6. The van der Waals surface area contributed by atoms with E-state index in [0.717, 1.165) is 15.4 Å². The monoisotopic (exact) mass is 409 g/mol. The maximum absolute atomic E-state index is 13.4. The Morgan fingerprint density at radius 1 is 1.03 bits per heavy atom. The van der Waals surface area contributed by atoms with Crippen LogP contribution in [0.3, 0.4) is 0 Å². The second-order valence-corrected chi connectivity index (χ2v) is 8.48. The zero-order valence-electron chi connectivity index (χ0n) is 15.9. The summed E-state index contributed by atoms with van der Waals surface area (Å²) in [4.78, 5) is 18.9. The Labute approximate surface area is 169 Å². The molecule has 29 heavy (non-hydrogen) atoms. The number of amides is 2. The normalized spacial score (nSPS) is 15.2. The first-order valence-electron chi connectivity index (χ1n) is 8.93. The van der Waals surface area contributed by atoms with Crippen LogP contribution < -0.4 is 9.64 Å². The lowest BCUT2D eigenvalue weighted by molar-refractivity contribution is 0.229. The maximum Gasteiger partial charge on any atom is 0.344 e. The van der Waals surface area contributed by atoms with Gasteiger partial charge in [0.1, 0.15) is 10.6 Å². The number of benzene rings is 2. The van der Waals surface area contributed by atoms with Crippen LogP contribution in [-0.4, -0.2) is 30.8 Å². The summed E-state index contributed by atoms with van der Waals surface area (Å²) in [7, 11) is -2.53. The van der Waals surface area contributed by atoms with Crippen molar-refractivity contribution < 1.29 is 17.9 Å². The van der Waals surface area contributed by atoms with E-state index < -0.39 is 16.1 Å². The highest BCUT2D eigenvalue weighted by Gasteiger charge is 2.43. The molecule has 0 fully saturated rings. The van der Waals surface area contributed by atoms with E-state index in [2.05, 4.69) is 4.98 Å². The number of urea groups is 1. The van der Waals surface area contributed by atoms with Crippen LogP contribution in [0.2, 0.25) is 0 Å². The number of nitrogens with zero attached hydrogens (tertiary/aromatic N) is 3. The molecule has 0 spiro atoms. The number of pyridine rings is 1. The van der Waals surface area contributed by atoms with Gasteiger partial charge in [0.15, 0.2) is 5.82 Å². The summed E-state index contributed by atoms with van der Waals surface area (Å²) >= 11 is 0. The van der Waals surface area contributed by atoms with E-state index in [0.29, 0.717) is 11.4 Å². The van der Waals surface area contributed by atoms with E-state index in [9.17, 15) is 13.2 Å². The minimum atomic E-state index is -4.05. The van der Waals surface area contributed by atoms with Gasteiger partial charge in [0.05, 0.1) is 19.3 Å². The molecular formula is C21H19N3O4S. The fourth-order valence-corrected chi connectivity index (χ4v) is 4.76. The lowest BCUT2D eigenvalue weighted by atomic mass is 10.1. The molecule has 0 saturated heterocycles. The third kappa shape index (κ3) is 3.31. The Morgan fingerprint density at radius 3 is 2.59 bits per heavy atom. The first-order valence-corrected chi connectivity index (χ1v) is 10.4. The summed E-state index contributed by atoms with van der Waals surface area (Å²) in [5, 5.41) is 0. The Kier molecular flexibility index (Phi) is 4.71. The van der Waals surface area contributed by atoms with Crippen molar-refractivity contribution in [3.05, 3.63) is 78.0 Å². The van der Waals surface area contributed by atoms with Crippen LogP contribution in [0.25, 0.3) is 0 Å². The predicted molar refractivity (Wildman–Crippen MR) is 109 cm³/mol. The fraction of sp³-hybridized carbons (Fsp3) is 0.143. The highest BCUT2D eigenvalue weighted by molar-refractivity contribution is 7.90. The van der Waals surface area contributed by atoms with Crippen molar-refractivity contribution in [1.29, 1.82) is 0 Å². The van der Waals surface area contributed by atoms with Gasteiger partial charge in [-0.05, 0) is 36.8 Å². The van der Waals surface area contributed by atoms with E-state index in [-0.39, 0.29) is 17.3 Å². The van der Waals surface area contributed by atoms with Gasteiger partial charge in [-0.2, -0.15) is 0 Å². The van der Waals surface area contributed by atoms with Gasteiger partial charge < -0.3 is 4.74 Å². The average Bonchev–Trinajstić information content (AvgIpc) is 2.72. The zero-order chi connectivity index (χ0) is 20.6. The molecule has 4 rings (SSSR count). The van der Waals surface area contributed by atoms with Gasteiger partial charge in [-0.3, -0.25) is 0 Å². The van der Waals surface area contributed by atoms with Gasteiger partial charge in [0, 0.05) is 12.3 Å². The Bertz CT molecular complexity index is 1190. The van der Waals surface area contributed by atoms with E-state index in [1.807, 2.05) is 25.1 Å². The van der Waals surface area contributed by atoms with Gasteiger partial charge in [-0.15, -0.1) is 0 Å². The largest absolute Gasteiger partial charge is 0.497 e. The average molecular weight is 409 g/mol. The van der Waals surface area contributed by atoms with Crippen molar-refractivity contribution in [2.24, 2.45) is 0 Å². The number of sulfonamides is 1. The number of ether oxygens (including phenoxy) is 1. The van der Waals surface area contributed by atoms with Crippen molar-refractivity contribution in [1.82, 2.24) is 9.29 Å². The molecule has 2 amide bonds. The van der Waals surface area contributed by atoms with Crippen molar-refractivity contribution in [3.63, 3.8) is 0 Å². The summed E-state index contributed by atoms with van der Waals surface area (Å²) in [6.07, 6.45) is 1.46. The smallest absolute Gasteiger partial charge is 0.344 e.